The molecule has 0 radical (unpaired) electrons. The van der Waals surface area contributed by atoms with Crippen molar-refractivity contribution in [2.75, 3.05) is 19.0 Å². The van der Waals surface area contributed by atoms with Crippen molar-refractivity contribution >= 4 is 32.9 Å². The van der Waals surface area contributed by atoms with Crippen molar-refractivity contribution in [3.05, 3.63) is 36.8 Å². The summed E-state index contributed by atoms with van der Waals surface area (Å²) in [5.74, 6) is 1.66. The van der Waals surface area contributed by atoms with Crippen LogP contribution in [0.25, 0.3) is 26.3 Å². The second kappa shape index (κ2) is 7.29. The highest BCUT2D eigenvalue weighted by Gasteiger charge is 2.13. The van der Waals surface area contributed by atoms with Gasteiger partial charge in [0.05, 0.1) is 29.1 Å². The van der Waals surface area contributed by atoms with Crippen molar-refractivity contribution < 1.29 is 4.74 Å². The van der Waals surface area contributed by atoms with Crippen LogP contribution in [0.1, 0.15) is 26.2 Å². The zero-order valence-corrected chi connectivity index (χ0v) is 15.7. The first-order chi connectivity index (χ1) is 12.8. The van der Waals surface area contributed by atoms with Crippen molar-refractivity contribution in [3.63, 3.8) is 0 Å². The Bertz CT molecular complexity index is 1040. The standard InChI is InChI=1S/C19H21N5OS/c1-3-4-5-8-21-17-6-7-18-22-11-14(24(18)23-17)16-9-13-10-20-12-15(25-2)19(13)26-16/h6-7,9-12H,3-5,8H2,1-2H3,(H,21,23). The first kappa shape index (κ1) is 16.8. The first-order valence-electron chi connectivity index (χ1n) is 8.80. The quantitative estimate of drug-likeness (QED) is 0.483. The molecule has 0 spiro atoms. The van der Waals surface area contributed by atoms with Gasteiger partial charge in [-0.25, -0.2) is 9.50 Å². The molecule has 0 aliphatic carbocycles. The van der Waals surface area contributed by atoms with Crippen LogP contribution >= 0.6 is 11.3 Å². The molecule has 0 amide bonds. The Kier molecular flexibility index (Phi) is 4.71. The Morgan fingerprint density at radius 1 is 1.19 bits per heavy atom. The van der Waals surface area contributed by atoms with E-state index in [0.717, 1.165) is 50.8 Å². The van der Waals surface area contributed by atoms with E-state index in [2.05, 4.69) is 28.3 Å². The van der Waals surface area contributed by atoms with E-state index in [0.29, 0.717) is 0 Å². The SMILES string of the molecule is CCCCCNc1ccc2ncc(-c3cc4cncc(OC)c4s3)n2n1. The molecular formula is C19H21N5OS. The minimum Gasteiger partial charge on any atom is -0.494 e. The molecule has 0 aromatic carbocycles. The number of fused-ring (bicyclic) bond motifs is 2. The van der Waals surface area contributed by atoms with Gasteiger partial charge in [-0.15, -0.1) is 16.4 Å². The Balaban J connectivity index is 1.70. The number of hydrogen-bond donors (Lipinski definition) is 1. The van der Waals surface area contributed by atoms with Gasteiger partial charge in [0.15, 0.2) is 11.4 Å². The lowest BCUT2D eigenvalue weighted by Crippen LogP contribution is -2.05. The molecule has 4 aromatic heterocycles. The summed E-state index contributed by atoms with van der Waals surface area (Å²) in [5.41, 5.74) is 1.81. The van der Waals surface area contributed by atoms with E-state index in [-0.39, 0.29) is 0 Å². The predicted octanol–water partition coefficient (Wildman–Crippen LogP) is 4.62. The number of hydrogen-bond acceptors (Lipinski definition) is 6. The van der Waals surface area contributed by atoms with Crippen LogP contribution in [-0.4, -0.2) is 33.2 Å². The third-order valence-electron chi connectivity index (χ3n) is 4.31. The fourth-order valence-electron chi connectivity index (χ4n) is 2.94. The molecule has 0 unspecified atom stereocenters. The van der Waals surface area contributed by atoms with Crippen molar-refractivity contribution in [1.82, 2.24) is 19.6 Å². The van der Waals surface area contributed by atoms with Gasteiger partial charge in [-0.3, -0.25) is 4.98 Å². The van der Waals surface area contributed by atoms with Crippen LogP contribution in [0, 0.1) is 0 Å². The minimum atomic E-state index is 0.791. The molecule has 0 saturated carbocycles. The smallest absolute Gasteiger partial charge is 0.154 e. The van der Waals surface area contributed by atoms with Gasteiger partial charge in [0.1, 0.15) is 11.5 Å². The van der Waals surface area contributed by atoms with Gasteiger partial charge in [0.2, 0.25) is 0 Å². The van der Waals surface area contributed by atoms with E-state index >= 15 is 0 Å². The first-order valence-corrected chi connectivity index (χ1v) is 9.62. The maximum absolute atomic E-state index is 5.43. The number of aromatic nitrogens is 4. The summed E-state index contributed by atoms with van der Waals surface area (Å²) in [6.07, 6.45) is 9.06. The lowest BCUT2D eigenvalue weighted by atomic mass is 10.2. The predicted molar refractivity (Wildman–Crippen MR) is 106 cm³/mol. The summed E-state index contributed by atoms with van der Waals surface area (Å²) >= 11 is 1.67. The Morgan fingerprint density at radius 2 is 2.12 bits per heavy atom. The van der Waals surface area contributed by atoms with Crippen molar-refractivity contribution in [2.24, 2.45) is 0 Å². The number of rotatable bonds is 7. The van der Waals surface area contributed by atoms with Gasteiger partial charge in [-0.1, -0.05) is 19.8 Å². The normalized spacial score (nSPS) is 11.3. The highest BCUT2D eigenvalue weighted by atomic mass is 32.1. The lowest BCUT2D eigenvalue weighted by Gasteiger charge is -2.06. The number of unbranched alkanes of at least 4 members (excludes halogenated alkanes) is 2. The van der Waals surface area contributed by atoms with Gasteiger partial charge in [0, 0.05) is 18.1 Å². The molecule has 4 rings (SSSR count). The molecule has 0 bridgehead atoms. The highest BCUT2D eigenvalue weighted by molar-refractivity contribution is 7.22. The number of pyridine rings is 1. The highest BCUT2D eigenvalue weighted by Crippen LogP contribution is 2.37. The number of methoxy groups -OCH3 is 1. The van der Waals surface area contributed by atoms with E-state index in [1.165, 1.54) is 12.8 Å². The monoisotopic (exact) mass is 367 g/mol. The third-order valence-corrected chi connectivity index (χ3v) is 5.50. The second-order valence-electron chi connectivity index (χ2n) is 6.14. The fraction of sp³-hybridized carbons (Fsp3) is 0.316. The molecular weight excluding hydrogens is 346 g/mol. The van der Waals surface area contributed by atoms with Crippen LogP contribution in [0.3, 0.4) is 0 Å². The van der Waals surface area contributed by atoms with Gasteiger partial charge < -0.3 is 10.1 Å². The summed E-state index contributed by atoms with van der Waals surface area (Å²) in [4.78, 5) is 9.82. The maximum atomic E-state index is 5.43. The molecule has 1 N–H and O–H groups in total. The van der Waals surface area contributed by atoms with Crippen molar-refractivity contribution in [2.45, 2.75) is 26.2 Å². The van der Waals surface area contributed by atoms with Crippen molar-refractivity contribution in [1.29, 1.82) is 0 Å². The maximum Gasteiger partial charge on any atom is 0.154 e. The topological polar surface area (TPSA) is 64.3 Å². The molecule has 0 saturated heterocycles. The molecule has 7 heteroatoms. The van der Waals surface area contributed by atoms with Gasteiger partial charge in [-0.05, 0) is 24.6 Å². The molecule has 26 heavy (non-hydrogen) atoms. The Labute approximate surface area is 155 Å². The van der Waals surface area contributed by atoms with Crippen molar-refractivity contribution in [3.8, 4) is 16.3 Å². The van der Waals surface area contributed by atoms with Gasteiger partial charge in [0.25, 0.3) is 0 Å². The number of anilines is 1. The van der Waals surface area contributed by atoms with E-state index in [9.17, 15) is 0 Å². The molecule has 0 aliphatic rings. The molecule has 0 atom stereocenters. The zero-order valence-electron chi connectivity index (χ0n) is 14.9. The summed E-state index contributed by atoms with van der Waals surface area (Å²) in [5, 5.41) is 9.19. The van der Waals surface area contributed by atoms with Crippen LogP contribution in [0.2, 0.25) is 0 Å². The molecule has 4 heterocycles. The van der Waals surface area contributed by atoms with Crippen LogP contribution in [0.15, 0.2) is 36.8 Å². The van der Waals surface area contributed by atoms with Gasteiger partial charge >= 0.3 is 0 Å². The molecule has 4 aromatic rings. The molecule has 0 fully saturated rings. The summed E-state index contributed by atoms with van der Waals surface area (Å²) < 4.78 is 8.41. The van der Waals surface area contributed by atoms with E-state index in [1.807, 2.05) is 29.0 Å². The largest absolute Gasteiger partial charge is 0.494 e. The average molecular weight is 367 g/mol. The number of thiophene rings is 1. The number of nitrogens with one attached hydrogen (secondary N) is 1. The fourth-order valence-corrected chi connectivity index (χ4v) is 4.05. The molecule has 6 nitrogen and oxygen atoms in total. The van der Waals surface area contributed by atoms with Crippen LogP contribution in [-0.2, 0) is 0 Å². The third kappa shape index (κ3) is 3.10. The van der Waals surface area contributed by atoms with E-state index in [4.69, 9.17) is 9.84 Å². The van der Waals surface area contributed by atoms with E-state index < -0.39 is 0 Å². The van der Waals surface area contributed by atoms with E-state index in [1.54, 1.807) is 24.6 Å². The molecule has 134 valence electrons. The van der Waals surface area contributed by atoms with Crippen LogP contribution < -0.4 is 10.1 Å². The lowest BCUT2D eigenvalue weighted by molar-refractivity contribution is 0.419. The second-order valence-corrected chi connectivity index (χ2v) is 7.19. The molecule has 0 aliphatic heterocycles. The summed E-state index contributed by atoms with van der Waals surface area (Å²) in [7, 11) is 1.67. The minimum absolute atomic E-state index is 0.791. The zero-order chi connectivity index (χ0) is 17.9. The average Bonchev–Trinajstić information content (AvgIpc) is 3.28. The van der Waals surface area contributed by atoms with Gasteiger partial charge in [-0.2, -0.15) is 0 Å². The summed E-state index contributed by atoms with van der Waals surface area (Å²) in [6, 6.07) is 6.09. The Hall–Kier alpha value is -2.67. The Morgan fingerprint density at radius 3 is 2.96 bits per heavy atom. The summed E-state index contributed by atoms with van der Waals surface area (Å²) in [6.45, 7) is 3.14. The number of ether oxygens (including phenoxy) is 1. The van der Waals surface area contributed by atoms with Crippen LogP contribution in [0.5, 0.6) is 5.75 Å². The number of nitrogens with zero attached hydrogens (tertiary/aromatic N) is 4. The number of imidazole rings is 1. The van der Waals surface area contributed by atoms with Crippen LogP contribution in [0.4, 0.5) is 5.82 Å².